The first-order valence-electron chi connectivity index (χ1n) is 8.92. The van der Waals surface area contributed by atoms with Crippen LogP contribution in [-0.4, -0.2) is 5.97 Å². The molecule has 0 aromatic rings. The maximum absolute atomic E-state index is 10.2. The lowest BCUT2D eigenvalue weighted by Gasteiger charge is -2.00. The van der Waals surface area contributed by atoms with Gasteiger partial charge in [0.05, 0.1) is 0 Å². The van der Waals surface area contributed by atoms with E-state index in [-0.39, 0.29) is 6.42 Å². The highest BCUT2D eigenvalue weighted by Crippen LogP contribution is 2.06. The molecule has 0 rings (SSSR count). The Balaban J connectivity index is 3.29. The van der Waals surface area contributed by atoms with E-state index in [9.17, 15) is 9.90 Å². The molecule has 0 spiro atoms. The molecule has 2 nitrogen and oxygen atoms in total. The van der Waals surface area contributed by atoms with E-state index < -0.39 is 5.97 Å². The Bertz CT molecular complexity index is 327. The summed E-state index contributed by atoms with van der Waals surface area (Å²) >= 11 is 0. The van der Waals surface area contributed by atoms with Gasteiger partial charge in [0.2, 0.25) is 0 Å². The second kappa shape index (κ2) is 17.7. The Morgan fingerprint density at radius 3 is 1.77 bits per heavy atom. The van der Waals surface area contributed by atoms with Gasteiger partial charge in [-0.25, -0.2) is 0 Å². The van der Waals surface area contributed by atoms with Crippen molar-refractivity contribution in [2.45, 2.75) is 84.0 Å². The van der Waals surface area contributed by atoms with Crippen molar-refractivity contribution in [3.8, 4) is 0 Å². The van der Waals surface area contributed by atoms with Gasteiger partial charge in [-0.1, -0.05) is 69.1 Å². The molecule has 0 heterocycles. The van der Waals surface area contributed by atoms with Gasteiger partial charge in [0.25, 0.3) is 0 Å². The molecule has 0 aromatic carbocycles. The lowest BCUT2D eigenvalue weighted by molar-refractivity contribution is -0.305. The smallest absolute Gasteiger partial charge is 0.0414 e. The minimum atomic E-state index is -0.928. The van der Waals surface area contributed by atoms with E-state index in [1.807, 2.05) is 0 Å². The zero-order valence-electron chi connectivity index (χ0n) is 14.3. The molecule has 22 heavy (non-hydrogen) atoms. The summed E-state index contributed by atoms with van der Waals surface area (Å²) in [6.07, 6.45) is 25.9. The third-order valence-corrected chi connectivity index (χ3v) is 3.52. The molecule has 0 aromatic heterocycles. The van der Waals surface area contributed by atoms with Crippen LogP contribution in [0.5, 0.6) is 0 Å². The van der Waals surface area contributed by atoms with Crippen molar-refractivity contribution in [3.05, 3.63) is 36.5 Å². The van der Waals surface area contributed by atoms with Gasteiger partial charge in [0.15, 0.2) is 0 Å². The first-order chi connectivity index (χ1) is 10.8. The average Bonchev–Trinajstić information content (AvgIpc) is 2.50. The van der Waals surface area contributed by atoms with E-state index in [1.165, 1.54) is 25.7 Å². The summed E-state index contributed by atoms with van der Waals surface area (Å²) in [4.78, 5) is 10.2. The second-order valence-electron chi connectivity index (χ2n) is 5.71. The zero-order chi connectivity index (χ0) is 16.3. The number of rotatable bonds is 15. The molecular formula is C20H33O2-. The van der Waals surface area contributed by atoms with Gasteiger partial charge < -0.3 is 9.90 Å². The van der Waals surface area contributed by atoms with Gasteiger partial charge in [0, 0.05) is 5.97 Å². The normalized spacial score (nSPS) is 12.0. The minimum absolute atomic E-state index is 0.202. The Labute approximate surface area is 137 Å². The minimum Gasteiger partial charge on any atom is -0.550 e. The van der Waals surface area contributed by atoms with E-state index in [1.54, 1.807) is 0 Å². The number of carboxylic acids is 1. The molecule has 0 saturated heterocycles. The third-order valence-electron chi connectivity index (χ3n) is 3.52. The Morgan fingerprint density at radius 1 is 0.727 bits per heavy atom. The molecule has 0 aliphatic carbocycles. The molecule has 0 aliphatic heterocycles. The topological polar surface area (TPSA) is 40.1 Å². The Hall–Kier alpha value is -1.31. The molecule has 0 unspecified atom stereocenters. The van der Waals surface area contributed by atoms with Gasteiger partial charge in [0.1, 0.15) is 0 Å². The van der Waals surface area contributed by atoms with Crippen molar-refractivity contribution in [1.82, 2.24) is 0 Å². The first-order valence-corrected chi connectivity index (χ1v) is 8.92. The fourth-order valence-electron chi connectivity index (χ4n) is 2.18. The zero-order valence-corrected chi connectivity index (χ0v) is 14.3. The maximum Gasteiger partial charge on any atom is 0.0414 e. The van der Waals surface area contributed by atoms with Gasteiger partial charge in [-0.15, -0.1) is 0 Å². The van der Waals surface area contributed by atoms with Gasteiger partial charge >= 0.3 is 0 Å². The fourth-order valence-corrected chi connectivity index (χ4v) is 2.18. The fraction of sp³-hybridized carbons (Fsp3) is 0.650. The number of aliphatic carboxylic acids is 1. The van der Waals surface area contributed by atoms with E-state index in [4.69, 9.17) is 0 Å². The third kappa shape index (κ3) is 18.7. The van der Waals surface area contributed by atoms with Crippen molar-refractivity contribution >= 4 is 5.97 Å². The largest absolute Gasteiger partial charge is 0.550 e. The number of hydrogen-bond donors (Lipinski definition) is 0. The molecule has 0 atom stereocenters. The van der Waals surface area contributed by atoms with Crippen LogP contribution in [0.2, 0.25) is 0 Å². The van der Waals surface area contributed by atoms with Gasteiger partial charge in [-0.2, -0.15) is 0 Å². The van der Waals surface area contributed by atoms with Crippen LogP contribution in [-0.2, 0) is 4.79 Å². The van der Waals surface area contributed by atoms with E-state index in [2.05, 4.69) is 43.4 Å². The monoisotopic (exact) mass is 305 g/mol. The Kier molecular flexibility index (Phi) is 16.7. The van der Waals surface area contributed by atoms with Crippen LogP contribution in [0.25, 0.3) is 0 Å². The molecule has 0 bridgehead atoms. The predicted octanol–water partition coefficient (Wildman–Crippen LogP) is 5.11. The SMILES string of the molecule is CCCCC/C=C\C/C=C\C/C=C\CCCCCCC(=O)[O-]. The number of unbranched alkanes of at least 4 members (excludes halogenated alkanes) is 7. The van der Waals surface area contributed by atoms with Crippen LogP contribution in [0.3, 0.4) is 0 Å². The molecule has 0 saturated carbocycles. The summed E-state index contributed by atoms with van der Waals surface area (Å²) in [5, 5.41) is 10.2. The molecule has 126 valence electrons. The standard InChI is InChI=1S/C20H34O2/c1-2-3-4-5-6-7-8-9-10-11-12-13-14-15-16-17-18-19-20(21)22/h6-7,9-10,12-13H,2-5,8,11,14-19H2,1H3,(H,21,22)/p-1/b7-6-,10-9-,13-12-. The molecule has 0 aliphatic rings. The summed E-state index contributed by atoms with van der Waals surface area (Å²) in [5.74, 6) is -0.928. The highest BCUT2D eigenvalue weighted by Gasteiger charge is 1.89. The number of carbonyl (C=O) groups is 1. The van der Waals surface area contributed by atoms with Gasteiger partial charge in [-0.3, -0.25) is 0 Å². The lowest BCUT2D eigenvalue weighted by Crippen LogP contribution is -2.21. The molecule has 0 amide bonds. The number of allylic oxidation sites excluding steroid dienone is 6. The Morgan fingerprint density at radius 2 is 1.23 bits per heavy atom. The molecule has 2 heteroatoms. The first kappa shape index (κ1) is 20.7. The molecule has 0 radical (unpaired) electrons. The summed E-state index contributed by atoms with van der Waals surface area (Å²) < 4.78 is 0. The van der Waals surface area contributed by atoms with E-state index in [0.29, 0.717) is 0 Å². The highest BCUT2D eigenvalue weighted by molar-refractivity contribution is 5.63. The predicted molar refractivity (Wildman–Crippen MR) is 93.5 cm³/mol. The summed E-state index contributed by atoms with van der Waals surface area (Å²) in [6, 6.07) is 0. The average molecular weight is 305 g/mol. The van der Waals surface area contributed by atoms with E-state index >= 15 is 0 Å². The van der Waals surface area contributed by atoms with Crippen LogP contribution in [0, 0.1) is 0 Å². The van der Waals surface area contributed by atoms with Gasteiger partial charge in [-0.05, 0) is 51.4 Å². The number of carboxylic acid groups (broad SMARTS) is 1. The molecule has 0 N–H and O–H groups in total. The maximum atomic E-state index is 10.2. The van der Waals surface area contributed by atoms with Crippen LogP contribution in [0.1, 0.15) is 84.0 Å². The van der Waals surface area contributed by atoms with E-state index in [0.717, 1.165) is 44.9 Å². The summed E-state index contributed by atoms with van der Waals surface area (Å²) in [6.45, 7) is 2.23. The molecule has 0 fully saturated rings. The van der Waals surface area contributed by atoms with Crippen molar-refractivity contribution in [2.24, 2.45) is 0 Å². The van der Waals surface area contributed by atoms with Crippen molar-refractivity contribution < 1.29 is 9.90 Å². The van der Waals surface area contributed by atoms with Crippen LogP contribution in [0.4, 0.5) is 0 Å². The van der Waals surface area contributed by atoms with Crippen molar-refractivity contribution in [3.63, 3.8) is 0 Å². The number of hydrogen-bond acceptors (Lipinski definition) is 2. The number of carbonyl (C=O) groups excluding carboxylic acids is 1. The highest BCUT2D eigenvalue weighted by atomic mass is 16.4. The second-order valence-corrected chi connectivity index (χ2v) is 5.71. The van der Waals surface area contributed by atoms with Crippen molar-refractivity contribution in [1.29, 1.82) is 0 Å². The van der Waals surface area contributed by atoms with Crippen LogP contribution < -0.4 is 5.11 Å². The summed E-state index contributed by atoms with van der Waals surface area (Å²) in [7, 11) is 0. The molecular weight excluding hydrogens is 272 g/mol. The van der Waals surface area contributed by atoms with Crippen molar-refractivity contribution in [2.75, 3.05) is 0 Å². The lowest BCUT2D eigenvalue weighted by atomic mass is 10.1. The van der Waals surface area contributed by atoms with Crippen LogP contribution in [0.15, 0.2) is 36.5 Å². The van der Waals surface area contributed by atoms with Crippen LogP contribution >= 0.6 is 0 Å². The quantitative estimate of drug-likeness (QED) is 0.312. The summed E-state index contributed by atoms with van der Waals surface area (Å²) in [5.41, 5.74) is 0.